The lowest BCUT2D eigenvalue weighted by molar-refractivity contribution is 0.0206. The van der Waals surface area contributed by atoms with Gasteiger partial charge in [0.15, 0.2) is 0 Å². The Bertz CT molecular complexity index is 289. The molecular formula is C11H17N3O2. The Kier molecular flexibility index (Phi) is 4.51. The SMILES string of the molecule is c1cnc(NCCOCC2CCCO2)nc1. The van der Waals surface area contributed by atoms with Gasteiger partial charge in [-0.1, -0.05) is 0 Å². The van der Waals surface area contributed by atoms with Gasteiger partial charge in [-0.3, -0.25) is 0 Å². The van der Waals surface area contributed by atoms with E-state index < -0.39 is 0 Å². The van der Waals surface area contributed by atoms with Crippen LogP contribution in [-0.4, -0.2) is 42.4 Å². The van der Waals surface area contributed by atoms with Gasteiger partial charge in [0.05, 0.1) is 19.3 Å². The van der Waals surface area contributed by atoms with E-state index in [-0.39, 0.29) is 0 Å². The van der Waals surface area contributed by atoms with E-state index in [1.54, 1.807) is 18.5 Å². The third-order valence-corrected chi connectivity index (χ3v) is 2.42. The van der Waals surface area contributed by atoms with Crippen molar-refractivity contribution in [3.8, 4) is 0 Å². The molecule has 0 saturated carbocycles. The van der Waals surface area contributed by atoms with Gasteiger partial charge in [0, 0.05) is 25.5 Å². The molecule has 1 aromatic rings. The number of ether oxygens (including phenoxy) is 2. The van der Waals surface area contributed by atoms with Crippen LogP contribution in [0.5, 0.6) is 0 Å². The standard InChI is InChI=1S/C11H17N3O2/c1-3-10(16-7-1)9-15-8-6-14-11-12-4-2-5-13-11/h2,4-5,10H,1,3,6-9H2,(H,12,13,14). The summed E-state index contributed by atoms with van der Waals surface area (Å²) < 4.78 is 10.9. The highest BCUT2D eigenvalue weighted by Crippen LogP contribution is 2.11. The summed E-state index contributed by atoms with van der Waals surface area (Å²) >= 11 is 0. The molecular weight excluding hydrogens is 206 g/mol. The van der Waals surface area contributed by atoms with Gasteiger partial charge in [0.25, 0.3) is 0 Å². The van der Waals surface area contributed by atoms with Crippen molar-refractivity contribution in [1.29, 1.82) is 0 Å². The van der Waals surface area contributed by atoms with Crippen LogP contribution in [0.1, 0.15) is 12.8 Å². The average Bonchev–Trinajstić information content (AvgIpc) is 2.83. The third kappa shape index (κ3) is 3.75. The Labute approximate surface area is 95.2 Å². The molecule has 0 aromatic carbocycles. The molecule has 0 radical (unpaired) electrons. The van der Waals surface area contributed by atoms with Crippen molar-refractivity contribution < 1.29 is 9.47 Å². The van der Waals surface area contributed by atoms with Gasteiger partial charge in [0.1, 0.15) is 0 Å². The summed E-state index contributed by atoms with van der Waals surface area (Å²) in [6.07, 6.45) is 6.00. The average molecular weight is 223 g/mol. The van der Waals surface area contributed by atoms with E-state index >= 15 is 0 Å². The molecule has 1 fully saturated rings. The smallest absolute Gasteiger partial charge is 0.222 e. The molecule has 1 aliphatic heterocycles. The number of rotatable bonds is 6. The van der Waals surface area contributed by atoms with Crippen LogP contribution in [-0.2, 0) is 9.47 Å². The fraction of sp³-hybridized carbons (Fsp3) is 0.636. The Hall–Kier alpha value is -1.20. The van der Waals surface area contributed by atoms with Gasteiger partial charge in [-0.15, -0.1) is 0 Å². The topological polar surface area (TPSA) is 56.3 Å². The fourth-order valence-electron chi connectivity index (χ4n) is 1.62. The largest absolute Gasteiger partial charge is 0.377 e. The fourth-order valence-corrected chi connectivity index (χ4v) is 1.62. The number of nitrogens with one attached hydrogen (secondary N) is 1. The molecule has 0 spiro atoms. The number of nitrogens with zero attached hydrogens (tertiary/aromatic N) is 2. The molecule has 1 unspecified atom stereocenters. The van der Waals surface area contributed by atoms with Crippen LogP contribution >= 0.6 is 0 Å². The molecule has 2 rings (SSSR count). The molecule has 1 N–H and O–H groups in total. The second kappa shape index (κ2) is 6.40. The van der Waals surface area contributed by atoms with Gasteiger partial charge < -0.3 is 14.8 Å². The second-order valence-electron chi connectivity index (χ2n) is 3.71. The maximum absolute atomic E-state index is 5.50. The minimum absolute atomic E-state index is 0.299. The molecule has 0 amide bonds. The molecule has 1 aliphatic rings. The zero-order valence-electron chi connectivity index (χ0n) is 9.26. The minimum atomic E-state index is 0.299. The molecule has 5 heteroatoms. The van der Waals surface area contributed by atoms with Crippen molar-refractivity contribution in [2.24, 2.45) is 0 Å². The van der Waals surface area contributed by atoms with Crippen molar-refractivity contribution in [2.75, 3.05) is 31.7 Å². The molecule has 1 atom stereocenters. The van der Waals surface area contributed by atoms with Crippen LogP contribution in [0.4, 0.5) is 5.95 Å². The molecule has 1 aromatic heterocycles. The highest BCUT2D eigenvalue weighted by Gasteiger charge is 2.14. The van der Waals surface area contributed by atoms with Crippen LogP contribution < -0.4 is 5.32 Å². The van der Waals surface area contributed by atoms with Crippen molar-refractivity contribution in [1.82, 2.24) is 9.97 Å². The maximum Gasteiger partial charge on any atom is 0.222 e. The molecule has 0 bridgehead atoms. The molecule has 16 heavy (non-hydrogen) atoms. The normalized spacial score (nSPS) is 19.9. The molecule has 0 aliphatic carbocycles. The van der Waals surface area contributed by atoms with Crippen molar-refractivity contribution in [2.45, 2.75) is 18.9 Å². The van der Waals surface area contributed by atoms with E-state index in [9.17, 15) is 0 Å². The van der Waals surface area contributed by atoms with Crippen LogP contribution in [0.25, 0.3) is 0 Å². The van der Waals surface area contributed by atoms with Crippen molar-refractivity contribution in [3.05, 3.63) is 18.5 Å². The van der Waals surface area contributed by atoms with E-state index in [2.05, 4.69) is 15.3 Å². The summed E-state index contributed by atoms with van der Waals surface area (Å²) in [7, 11) is 0. The van der Waals surface area contributed by atoms with Crippen LogP contribution in [0, 0.1) is 0 Å². The monoisotopic (exact) mass is 223 g/mol. The quantitative estimate of drug-likeness (QED) is 0.731. The zero-order valence-corrected chi connectivity index (χ0v) is 9.26. The van der Waals surface area contributed by atoms with E-state index in [1.165, 1.54) is 0 Å². The van der Waals surface area contributed by atoms with Crippen LogP contribution in [0.15, 0.2) is 18.5 Å². The summed E-state index contributed by atoms with van der Waals surface area (Å²) in [4.78, 5) is 8.10. The van der Waals surface area contributed by atoms with Gasteiger partial charge >= 0.3 is 0 Å². The van der Waals surface area contributed by atoms with E-state index in [1.807, 2.05) is 0 Å². The van der Waals surface area contributed by atoms with Crippen molar-refractivity contribution in [3.63, 3.8) is 0 Å². The summed E-state index contributed by atoms with van der Waals surface area (Å²) in [5.74, 6) is 0.642. The Balaban J connectivity index is 1.52. The first-order chi connectivity index (χ1) is 7.95. The molecule has 1 saturated heterocycles. The number of aromatic nitrogens is 2. The zero-order chi connectivity index (χ0) is 11.1. The first-order valence-electron chi connectivity index (χ1n) is 5.65. The molecule has 5 nitrogen and oxygen atoms in total. The number of hydrogen-bond donors (Lipinski definition) is 1. The van der Waals surface area contributed by atoms with Crippen LogP contribution in [0.3, 0.4) is 0 Å². The summed E-state index contributed by atoms with van der Waals surface area (Å²) in [6.45, 7) is 2.94. The summed E-state index contributed by atoms with van der Waals surface area (Å²) in [5, 5.41) is 3.08. The van der Waals surface area contributed by atoms with Crippen LogP contribution in [0.2, 0.25) is 0 Å². The highest BCUT2D eigenvalue weighted by atomic mass is 16.5. The predicted octanol–water partition coefficient (Wildman–Crippen LogP) is 1.08. The van der Waals surface area contributed by atoms with Gasteiger partial charge in [0.2, 0.25) is 5.95 Å². The number of anilines is 1. The lowest BCUT2D eigenvalue weighted by Crippen LogP contribution is -2.18. The van der Waals surface area contributed by atoms with Gasteiger partial charge in [-0.25, -0.2) is 9.97 Å². The number of hydrogen-bond acceptors (Lipinski definition) is 5. The Morgan fingerprint density at radius 3 is 3.06 bits per heavy atom. The van der Waals surface area contributed by atoms with E-state index in [0.717, 1.165) is 26.0 Å². The van der Waals surface area contributed by atoms with Gasteiger partial charge in [-0.2, -0.15) is 0 Å². The predicted molar refractivity (Wildman–Crippen MR) is 60.3 cm³/mol. The lowest BCUT2D eigenvalue weighted by Gasteiger charge is -2.10. The lowest BCUT2D eigenvalue weighted by atomic mass is 10.2. The molecule has 88 valence electrons. The third-order valence-electron chi connectivity index (χ3n) is 2.42. The van der Waals surface area contributed by atoms with Gasteiger partial charge in [-0.05, 0) is 18.9 Å². The van der Waals surface area contributed by atoms with E-state index in [4.69, 9.17) is 9.47 Å². The first-order valence-corrected chi connectivity index (χ1v) is 5.65. The summed E-state index contributed by atoms with van der Waals surface area (Å²) in [6, 6.07) is 1.79. The Morgan fingerprint density at radius 2 is 2.31 bits per heavy atom. The summed E-state index contributed by atoms with van der Waals surface area (Å²) in [5.41, 5.74) is 0. The minimum Gasteiger partial charge on any atom is -0.377 e. The maximum atomic E-state index is 5.50. The highest BCUT2D eigenvalue weighted by molar-refractivity contribution is 5.21. The second-order valence-corrected chi connectivity index (χ2v) is 3.71. The Morgan fingerprint density at radius 1 is 1.44 bits per heavy atom. The molecule has 2 heterocycles. The van der Waals surface area contributed by atoms with Crippen molar-refractivity contribution >= 4 is 5.95 Å². The van der Waals surface area contributed by atoms with E-state index in [0.29, 0.717) is 25.3 Å². The first kappa shape index (κ1) is 11.3.